The zero-order valence-electron chi connectivity index (χ0n) is 11.7. The summed E-state index contributed by atoms with van der Waals surface area (Å²) < 4.78 is 11.4. The van der Waals surface area contributed by atoms with Crippen LogP contribution in [0.1, 0.15) is 52.9 Å². The van der Waals surface area contributed by atoms with Gasteiger partial charge in [-0.05, 0) is 58.1 Å². The SMILES string of the molecule is CC(C)(C)OC(=O)C12C=C3CCCC3(CCC1=O)O2. The van der Waals surface area contributed by atoms with Gasteiger partial charge in [0.25, 0.3) is 0 Å². The molecule has 1 spiro atoms. The number of esters is 1. The van der Waals surface area contributed by atoms with Gasteiger partial charge in [0, 0.05) is 6.42 Å². The molecule has 3 rings (SSSR count). The van der Waals surface area contributed by atoms with Gasteiger partial charge in [-0.25, -0.2) is 4.79 Å². The fraction of sp³-hybridized carbons (Fsp3) is 0.733. The highest BCUT2D eigenvalue weighted by Gasteiger charge is 2.63. The van der Waals surface area contributed by atoms with Crippen molar-refractivity contribution in [3.8, 4) is 0 Å². The van der Waals surface area contributed by atoms with Crippen LogP contribution in [0.4, 0.5) is 0 Å². The first-order valence-electron chi connectivity index (χ1n) is 6.97. The molecule has 0 radical (unpaired) electrons. The van der Waals surface area contributed by atoms with Gasteiger partial charge in [0.1, 0.15) is 5.60 Å². The van der Waals surface area contributed by atoms with Crippen molar-refractivity contribution in [1.82, 2.24) is 0 Å². The monoisotopic (exact) mass is 264 g/mol. The second-order valence-corrected chi connectivity index (χ2v) is 6.78. The minimum atomic E-state index is -1.46. The van der Waals surface area contributed by atoms with Gasteiger partial charge >= 0.3 is 5.97 Å². The van der Waals surface area contributed by atoms with Crippen LogP contribution in [0.15, 0.2) is 11.6 Å². The molecule has 4 heteroatoms. The highest BCUT2D eigenvalue weighted by atomic mass is 16.6. The fourth-order valence-electron chi connectivity index (χ4n) is 3.40. The lowest BCUT2D eigenvalue weighted by atomic mass is 9.88. The molecule has 2 unspecified atom stereocenters. The first-order chi connectivity index (χ1) is 8.78. The molecule has 0 aromatic carbocycles. The molecule has 2 heterocycles. The first-order valence-corrected chi connectivity index (χ1v) is 6.97. The van der Waals surface area contributed by atoms with Gasteiger partial charge < -0.3 is 9.47 Å². The average molecular weight is 264 g/mol. The lowest BCUT2D eigenvalue weighted by molar-refractivity contribution is -0.195. The van der Waals surface area contributed by atoms with E-state index in [1.807, 2.05) is 0 Å². The maximum absolute atomic E-state index is 12.4. The topological polar surface area (TPSA) is 52.6 Å². The van der Waals surface area contributed by atoms with Crippen LogP contribution in [0.3, 0.4) is 0 Å². The van der Waals surface area contributed by atoms with Crippen LogP contribution in [0.5, 0.6) is 0 Å². The molecule has 2 atom stereocenters. The van der Waals surface area contributed by atoms with E-state index in [0.29, 0.717) is 12.8 Å². The molecule has 1 saturated carbocycles. The molecule has 0 aromatic heterocycles. The second kappa shape index (κ2) is 3.69. The van der Waals surface area contributed by atoms with Gasteiger partial charge in [-0.1, -0.05) is 0 Å². The molecule has 3 aliphatic rings. The minimum absolute atomic E-state index is 0.158. The van der Waals surface area contributed by atoms with E-state index in [-0.39, 0.29) is 11.4 Å². The standard InChI is InChI=1S/C15H20O4/c1-13(2,3)18-12(17)15-9-10-5-4-7-14(10,19-15)8-6-11(15)16/h9H,4-8H2,1-3H3. The lowest BCUT2D eigenvalue weighted by Gasteiger charge is -2.38. The van der Waals surface area contributed by atoms with Gasteiger partial charge in [0.15, 0.2) is 5.78 Å². The highest BCUT2D eigenvalue weighted by molar-refractivity contribution is 6.11. The predicted molar refractivity (Wildman–Crippen MR) is 68.6 cm³/mol. The number of ketones is 1. The molecular weight excluding hydrogens is 244 g/mol. The second-order valence-electron chi connectivity index (χ2n) is 6.78. The average Bonchev–Trinajstić information content (AvgIpc) is 2.74. The summed E-state index contributed by atoms with van der Waals surface area (Å²) in [7, 11) is 0. The third-order valence-electron chi connectivity index (χ3n) is 4.22. The third-order valence-corrected chi connectivity index (χ3v) is 4.22. The van der Waals surface area contributed by atoms with Crippen molar-refractivity contribution in [2.75, 3.05) is 0 Å². The molecule has 0 amide bonds. The third kappa shape index (κ3) is 1.76. The Balaban J connectivity index is 1.97. The normalized spacial score (nSPS) is 37.0. The molecule has 1 aliphatic carbocycles. The van der Waals surface area contributed by atoms with Crippen LogP contribution in [0.25, 0.3) is 0 Å². The first kappa shape index (κ1) is 12.9. The van der Waals surface area contributed by atoms with E-state index in [2.05, 4.69) is 0 Å². The van der Waals surface area contributed by atoms with Crippen LogP contribution < -0.4 is 0 Å². The van der Waals surface area contributed by atoms with E-state index in [1.54, 1.807) is 26.8 Å². The van der Waals surface area contributed by atoms with Crippen LogP contribution in [-0.4, -0.2) is 28.6 Å². The minimum Gasteiger partial charge on any atom is -0.457 e. The molecule has 2 bridgehead atoms. The molecule has 2 aliphatic heterocycles. The maximum Gasteiger partial charge on any atom is 0.350 e. The van der Waals surface area contributed by atoms with Crippen LogP contribution in [-0.2, 0) is 19.1 Å². The summed E-state index contributed by atoms with van der Waals surface area (Å²) in [6, 6.07) is 0. The maximum atomic E-state index is 12.4. The van der Waals surface area contributed by atoms with Crippen LogP contribution in [0.2, 0.25) is 0 Å². The number of rotatable bonds is 1. The van der Waals surface area contributed by atoms with Gasteiger partial charge in [0.2, 0.25) is 5.60 Å². The molecule has 2 fully saturated rings. The predicted octanol–water partition coefficient (Wildman–Crippen LogP) is 2.31. The molecule has 104 valence electrons. The van der Waals surface area contributed by atoms with Crippen molar-refractivity contribution in [3.63, 3.8) is 0 Å². The van der Waals surface area contributed by atoms with Gasteiger partial charge in [0.05, 0.1) is 5.60 Å². The quantitative estimate of drug-likeness (QED) is 0.414. The number of hydrogen-bond donors (Lipinski definition) is 0. The summed E-state index contributed by atoms with van der Waals surface area (Å²) in [5, 5.41) is 0. The largest absolute Gasteiger partial charge is 0.457 e. The van der Waals surface area contributed by atoms with E-state index < -0.39 is 17.2 Å². The molecule has 4 nitrogen and oxygen atoms in total. The number of carbonyl (C=O) groups excluding carboxylic acids is 2. The molecular formula is C15H20O4. The Hall–Kier alpha value is -1.16. The van der Waals surface area contributed by atoms with E-state index in [0.717, 1.165) is 24.8 Å². The summed E-state index contributed by atoms with van der Waals surface area (Å²) in [6.45, 7) is 5.40. The Kier molecular flexibility index (Phi) is 2.50. The van der Waals surface area contributed by atoms with Gasteiger partial charge in [-0.3, -0.25) is 4.79 Å². The van der Waals surface area contributed by atoms with Crippen molar-refractivity contribution in [1.29, 1.82) is 0 Å². The van der Waals surface area contributed by atoms with E-state index in [9.17, 15) is 9.59 Å². The summed E-state index contributed by atoms with van der Waals surface area (Å²) in [5.41, 5.74) is -1.30. The van der Waals surface area contributed by atoms with Crippen molar-refractivity contribution in [2.24, 2.45) is 0 Å². The van der Waals surface area contributed by atoms with Crippen molar-refractivity contribution in [2.45, 2.75) is 69.7 Å². The molecule has 19 heavy (non-hydrogen) atoms. The Morgan fingerprint density at radius 1 is 1.32 bits per heavy atom. The van der Waals surface area contributed by atoms with E-state index in [1.165, 1.54) is 0 Å². The Morgan fingerprint density at radius 2 is 2.05 bits per heavy atom. The number of ether oxygens (including phenoxy) is 2. The number of carbonyl (C=O) groups is 2. The zero-order chi connectivity index (χ0) is 13.9. The van der Waals surface area contributed by atoms with Gasteiger partial charge in [-0.2, -0.15) is 0 Å². The smallest absolute Gasteiger partial charge is 0.350 e. The Labute approximate surface area is 113 Å². The van der Waals surface area contributed by atoms with E-state index >= 15 is 0 Å². The lowest BCUT2D eigenvalue weighted by Crippen LogP contribution is -2.54. The van der Waals surface area contributed by atoms with Gasteiger partial charge in [-0.15, -0.1) is 0 Å². The zero-order valence-corrected chi connectivity index (χ0v) is 11.7. The number of Topliss-reactive ketones (excluding diaryl/α,β-unsaturated/α-hetero) is 1. The summed E-state index contributed by atoms with van der Waals surface area (Å²) >= 11 is 0. The molecule has 0 aromatic rings. The van der Waals surface area contributed by atoms with Crippen LogP contribution in [0, 0.1) is 0 Å². The molecule has 1 saturated heterocycles. The Bertz CT molecular complexity index is 485. The molecule has 0 N–H and O–H groups in total. The van der Waals surface area contributed by atoms with Crippen molar-refractivity contribution in [3.05, 3.63) is 11.6 Å². The summed E-state index contributed by atoms with van der Waals surface area (Å²) in [4.78, 5) is 24.7. The summed E-state index contributed by atoms with van der Waals surface area (Å²) in [6.07, 6.45) is 5.78. The summed E-state index contributed by atoms with van der Waals surface area (Å²) in [5.74, 6) is -0.708. The van der Waals surface area contributed by atoms with Crippen LogP contribution >= 0.6 is 0 Å². The van der Waals surface area contributed by atoms with E-state index in [4.69, 9.17) is 9.47 Å². The highest BCUT2D eigenvalue weighted by Crippen LogP contribution is 2.54. The number of fused-ring (bicyclic) bond motifs is 1. The number of hydrogen-bond acceptors (Lipinski definition) is 4. The van der Waals surface area contributed by atoms with Crippen molar-refractivity contribution >= 4 is 11.8 Å². The van der Waals surface area contributed by atoms with Crippen molar-refractivity contribution < 1.29 is 19.1 Å². The fourth-order valence-corrected chi connectivity index (χ4v) is 3.40. The Morgan fingerprint density at radius 3 is 2.74 bits per heavy atom.